The van der Waals surface area contributed by atoms with Gasteiger partial charge in [-0.1, -0.05) is 44.0 Å². The van der Waals surface area contributed by atoms with E-state index >= 15 is 0 Å². The molecule has 6 heteroatoms. The van der Waals surface area contributed by atoms with Gasteiger partial charge in [-0.15, -0.1) is 0 Å². The number of amides is 2. The fraction of sp³-hybridized carbons (Fsp3) is 0.500. The minimum absolute atomic E-state index is 0.0387. The van der Waals surface area contributed by atoms with Crippen LogP contribution in [-0.2, 0) is 9.59 Å². The molecule has 0 aromatic heterocycles. The molecule has 2 N–H and O–H groups in total. The maximum absolute atomic E-state index is 12.0. The molecule has 22 heavy (non-hydrogen) atoms. The molecule has 0 saturated carbocycles. The smallest absolute Gasteiger partial charge is 0.313 e. The van der Waals surface area contributed by atoms with Crippen LogP contribution in [0, 0.1) is 5.41 Å². The predicted octanol–water partition coefficient (Wildman–Crippen LogP) is 4.26. The van der Waals surface area contributed by atoms with Crippen LogP contribution in [0.3, 0.4) is 0 Å². The van der Waals surface area contributed by atoms with E-state index in [0.717, 1.165) is 6.42 Å². The second-order valence-corrected chi connectivity index (χ2v) is 7.97. The lowest BCUT2D eigenvalue weighted by atomic mass is 9.82. The van der Waals surface area contributed by atoms with Gasteiger partial charge in [-0.05, 0) is 43.9 Å². The summed E-state index contributed by atoms with van der Waals surface area (Å²) in [5.41, 5.74) is -0.0236. The van der Waals surface area contributed by atoms with E-state index < -0.39 is 17.4 Å². The van der Waals surface area contributed by atoms with Crippen molar-refractivity contribution in [1.29, 1.82) is 0 Å². The van der Waals surface area contributed by atoms with E-state index in [4.69, 9.17) is 23.2 Å². The van der Waals surface area contributed by atoms with E-state index in [2.05, 4.69) is 31.4 Å². The summed E-state index contributed by atoms with van der Waals surface area (Å²) in [7, 11) is 0. The summed E-state index contributed by atoms with van der Waals surface area (Å²) >= 11 is 11.7. The molecular weight excluding hydrogens is 323 g/mol. The van der Waals surface area contributed by atoms with Gasteiger partial charge in [0.2, 0.25) is 0 Å². The lowest BCUT2D eigenvalue weighted by Gasteiger charge is -2.33. The largest absolute Gasteiger partial charge is 0.343 e. The van der Waals surface area contributed by atoms with Gasteiger partial charge in [-0.2, -0.15) is 0 Å². The second kappa shape index (κ2) is 6.88. The number of rotatable bonds is 3. The Kier molecular flexibility index (Phi) is 5.88. The molecule has 1 aromatic carbocycles. The monoisotopic (exact) mass is 344 g/mol. The third-order valence-corrected chi connectivity index (χ3v) is 3.55. The Hall–Kier alpha value is -1.26. The molecule has 0 bridgehead atoms. The fourth-order valence-corrected chi connectivity index (χ4v) is 2.79. The van der Waals surface area contributed by atoms with Crippen LogP contribution in [0.1, 0.15) is 41.0 Å². The molecule has 0 spiro atoms. The summed E-state index contributed by atoms with van der Waals surface area (Å²) in [6.07, 6.45) is 0.742. The molecule has 0 heterocycles. The van der Waals surface area contributed by atoms with E-state index in [1.54, 1.807) is 12.1 Å². The zero-order chi connectivity index (χ0) is 17.1. The summed E-state index contributed by atoms with van der Waals surface area (Å²) in [5, 5.41) is 5.95. The molecule has 4 nitrogen and oxygen atoms in total. The summed E-state index contributed by atoms with van der Waals surface area (Å²) in [6.45, 7) is 10.0. The van der Waals surface area contributed by atoms with Crippen LogP contribution in [0.5, 0.6) is 0 Å². The molecule has 1 aromatic rings. The molecule has 1 rings (SSSR count). The van der Waals surface area contributed by atoms with Crippen LogP contribution in [-0.4, -0.2) is 17.4 Å². The molecule has 0 atom stereocenters. The van der Waals surface area contributed by atoms with Crippen molar-refractivity contribution in [3.8, 4) is 0 Å². The minimum atomic E-state index is -0.736. The van der Waals surface area contributed by atoms with Gasteiger partial charge in [0.05, 0.1) is 10.0 Å². The Morgan fingerprint density at radius 3 is 2.09 bits per heavy atom. The Bertz CT molecular complexity index is 578. The van der Waals surface area contributed by atoms with Gasteiger partial charge in [0.25, 0.3) is 0 Å². The number of hydrogen-bond acceptors (Lipinski definition) is 2. The lowest BCUT2D eigenvalue weighted by Crippen LogP contribution is -2.49. The number of nitrogens with one attached hydrogen (secondary N) is 2. The van der Waals surface area contributed by atoms with Gasteiger partial charge in [0.15, 0.2) is 0 Å². The van der Waals surface area contributed by atoms with Crippen LogP contribution < -0.4 is 10.6 Å². The van der Waals surface area contributed by atoms with Crippen LogP contribution in [0.25, 0.3) is 0 Å². The number of carbonyl (C=O) groups is 2. The molecule has 2 amide bonds. The first-order valence-electron chi connectivity index (χ1n) is 6.98. The highest BCUT2D eigenvalue weighted by atomic mass is 35.5. The first-order valence-corrected chi connectivity index (χ1v) is 7.74. The number of carbonyl (C=O) groups excluding carboxylic acids is 2. The molecule has 122 valence electrons. The predicted molar refractivity (Wildman–Crippen MR) is 91.4 cm³/mol. The first-order chi connectivity index (χ1) is 9.89. The normalized spacial score (nSPS) is 12.0. The zero-order valence-electron chi connectivity index (χ0n) is 13.5. The van der Waals surface area contributed by atoms with Crippen LogP contribution in [0.4, 0.5) is 5.69 Å². The maximum Gasteiger partial charge on any atom is 0.313 e. The van der Waals surface area contributed by atoms with Gasteiger partial charge in [0.1, 0.15) is 0 Å². The fourth-order valence-electron chi connectivity index (χ4n) is 2.50. The van der Waals surface area contributed by atoms with Crippen molar-refractivity contribution >= 4 is 40.7 Å². The van der Waals surface area contributed by atoms with E-state index in [1.165, 1.54) is 6.07 Å². The number of anilines is 1. The highest BCUT2D eigenvalue weighted by Crippen LogP contribution is 2.27. The van der Waals surface area contributed by atoms with Gasteiger partial charge in [-0.3, -0.25) is 9.59 Å². The molecule has 0 aliphatic heterocycles. The Labute approximate surface area is 141 Å². The highest BCUT2D eigenvalue weighted by molar-refractivity contribution is 6.43. The van der Waals surface area contributed by atoms with Crippen molar-refractivity contribution in [3.63, 3.8) is 0 Å². The van der Waals surface area contributed by atoms with Crippen LogP contribution in [0.15, 0.2) is 18.2 Å². The van der Waals surface area contributed by atoms with E-state index in [1.807, 2.05) is 13.8 Å². The first kappa shape index (κ1) is 18.8. The van der Waals surface area contributed by atoms with Gasteiger partial charge < -0.3 is 10.6 Å². The van der Waals surface area contributed by atoms with E-state index in [9.17, 15) is 9.59 Å². The lowest BCUT2D eigenvalue weighted by molar-refractivity contribution is -0.137. The van der Waals surface area contributed by atoms with E-state index in [0.29, 0.717) is 15.7 Å². The molecule has 0 aliphatic rings. The number of hydrogen-bond donors (Lipinski definition) is 2. The van der Waals surface area contributed by atoms with Crippen molar-refractivity contribution in [2.75, 3.05) is 5.32 Å². The average molecular weight is 345 g/mol. The van der Waals surface area contributed by atoms with Crippen molar-refractivity contribution in [2.45, 2.75) is 46.6 Å². The molecule has 0 aliphatic carbocycles. The molecular formula is C16H22Cl2N2O2. The van der Waals surface area contributed by atoms with Crippen molar-refractivity contribution < 1.29 is 9.59 Å². The van der Waals surface area contributed by atoms with Crippen molar-refractivity contribution in [1.82, 2.24) is 5.32 Å². The summed E-state index contributed by atoms with van der Waals surface area (Å²) in [4.78, 5) is 24.0. The summed E-state index contributed by atoms with van der Waals surface area (Å²) in [5.74, 6) is -1.42. The summed E-state index contributed by atoms with van der Waals surface area (Å²) < 4.78 is 0. The average Bonchev–Trinajstić information content (AvgIpc) is 2.30. The Morgan fingerprint density at radius 1 is 1.00 bits per heavy atom. The molecule has 0 unspecified atom stereocenters. The van der Waals surface area contributed by atoms with Crippen molar-refractivity contribution in [3.05, 3.63) is 28.2 Å². The SMILES string of the molecule is CC(C)(C)CC(C)(C)NC(=O)C(=O)Nc1ccc(Cl)c(Cl)c1. The second-order valence-electron chi connectivity index (χ2n) is 7.16. The van der Waals surface area contributed by atoms with Gasteiger partial charge >= 0.3 is 11.8 Å². The molecule has 0 saturated heterocycles. The van der Waals surface area contributed by atoms with E-state index in [-0.39, 0.29) is 5.41 Å². The zero-order valence-corrected chi connectivity index (χ0v) is 15.0. The highest BCUT2D eigenvalue weighted by Gasteiger charge is 2.29. The Balaban J connectivity index is 2.69. The molecule has 0 fully saturated rings. The number of halogens is 2. The quantitative estimate of drug-likeness (QED) is 0.804. The third kappa shape index (κ3) is 6.24. The maximum atomic E-state index is 12.0. The third-order valence-electron chi connectivity index (χ3n) is 2.81. The van der Waals surface area contributed by atoms with Gasteiger partial charge in [-0.25, -0.2) is 0 Å². The minimum Gasteiger partial charge on any atom is -0.343 e. The van der Waals surface area contributed by atoms with Crippen LogP contribution >= 0.6 is 23.2 Å². The summed E-state index contributed by atoms with van der Waals surface area (Å²) in [6, 6.07) is 4.63. The van der Waals surface area contributed by atoms with Crippen molar-refractivity contribution in [2.24, 2.45) is 5.41 Å². The molecule has 0 radical (unpaired) electrons. The van der Waals surface area contributed by atoms with Crippen LogP contribution in [0.2, 0.25) is 10.0 Å². The standard InChI is InChI=1S/C16H22Cl2N2O2/c1-15(2,3)9-16(4,5)20-14(22)13(21)19-10-6-7-11(17)12(18)8-10/h6-8H,9H2,1-5H3,(H,19,21)(H,20,22). The van der Waals surface area contributed by atoms with Gasteiger partial charge in [0, 0.05) is 11.2 Å². The topological polar surface area (TPSA) is 58.2 Å². The number of benzene rings is 1. The Morgan fingerprint density at radius 2 is 1.59 bits per heavy atom.